The van der Waals surface area contributed by atoms with E-state index in [4.69, 9.17) is 5.11 Å². The minimum absolute atomic E-state index is 0.0102. The van der Waals surface area contributed by atoms with Crippen LogP contribution in [0, 0.1) is 0 Å². The lowest BCUT2D eigenvalue weighted by Gasteiger charge is -2.34. The van der Waals surface area contributed by atoms with Gasteiger partial charge in [-0.15, -0.1) is 0 Å². The quantitative estimate of drug-likeness (QED) is 0.882. The highest BCUT2D eigenvalue weighted by Crippen LogP contribution is 2.20. The molecule has 5 nitrogen and oxygen atoms in total. The second-order valence-electron chi connectivity index (χ2n) is 5.78. The summed E-state index contributed by atoms with van der Waals surface area (Å²) in [6.07, 6.45) is 1.76. The maximum Gasteiger partial charge on any atom is 0.218 e. The first-order valence-corrected chi connectivity index (χ1v) is 8.86. The van der Waals surface area contributed by atoms with Crippen LogP contribution in [0.1, 0.15) is 24.0 Å². The fraction of sp³-hybridized carbons (Fsp3) is 0.600. The lowest BCUT2D eigenvalue weighted by atomic mass is 10.1. The monoisotopic (exact) mass is 312 g/mol. The molecule has 0 unspecified atom stereocenters. The highest BCUT2D eigenvalue weighted by molar-refractivity contribution is 7.88. The van der Waals surface area contributed by atoms with Crippen LogP contribution >= 0.6 is 0 Å². The van der Waals surface area contributed by atoms with Crippen molar-refractivity contribution >= 4 is 10.0 Å². The molecule has 21 heavy (non-hydrogen) atoms. The van der Waals surface area contributed by atoms with E-state index in [0.717, 1.165) is 37.1 Å². The summed E-state index contributed by atoms with van der Waals surface area (Å²) >= 11 is 0. The molecule has 0 amide bonds. The van der Waals surface area contributed by atoms with Gasteiger partial charge >= 0.3 is 0 Å². The number of rotatable bonds is 5. The van der Waals surface area contributed by atoms with E-state index in [0.29, 0.717) is 0 Å². The number of hydrogen-bond donors (Lipinski definition) is 1. The van der Waals surface area contributed by atoms with Crippen LogP contribution in [0.25, 0.3) is 0 Å². The van der Waals surface area contributed by atoms with Gasteiger partial charge in [0.25, 0.3) is 0 Å². The lowest BCUT2D eigenvalue weighted by Crippen LogP contribution is -2.44. The van der Waals surface area contributed by atoms with Crippen LogP contribution in [-0.2, 0) is 22.4 Å². The van der Waals surface area contributed by atoms with E-state index in [1.807, 2.05) is 0 Å². The molecule has 0 bridgehead atoms. The van der Waals surface area contributed by atoms with Crippen molar-refractivity contribution in [2.24, 2.45) is 0 Å². The van der Waals surface area contributed by atoms with Gasteiger partial charge in [0, 0.05) is 13.1 Å². The number of piperidine rings is 1. The van der Waals surface area contributed by atoms with Crippen LogP contribution in [0.5, 0.6) is 0 Å². The topological polar surface area (TPSA) is 60.9 Å². The average molecular weight is 312 g/mol. The molecule has 1 N–H and O–H groups in total. The van der Waals surface area contributed by atoms with Gasteiger partial charge in [0.1, 0.15) is 0 Å². The molecule has 0 radical (unpaired) electrons. The molecule has 1 heterocycles. The highest BCUT2D eigenvalue weighted by atomic mass is 32.2. The third kappa shape index (κ3) is 4.26. The van der Waals surface area contributed by atoms with Gasteiger partial charge in [-0.2, -0.15) is 0 Å². The molecular weight excluding hydrogens is 288 g/mol. The predicted molar refractivity (Wildman–Crippen MR) is 83.3 cm³/mol. The number of nitrogens with zero attached hydrogens (tertiary/aromatic N) is 2. The van der Waals surface area contributed by atoms with Crippen LogP contribution in [0.15, 0.2) is 24.3 Å². The Hall–Kier alpha value is -0.950. The Morgan fingerprint density at radius 3 is 2.52 bits per heavy atom. The number of likely N-dealkylation sites (tertiary alicyclic amines) is 1. The zero-order chi connectivity index (χ0) is 15.5. The van der Waals surface area contributed by atoms with Crippen molar-refractivity contribution < 1.29 is 13.5 Å². The van der Waals surface area contributed by atoms with E-state index in [-0.39, 0.29) is 18.4 Å². The van der Waals surface area contributed by atoms with E-state index < -0.39 is 10.0 Å². The lowest BCUT2D eigenvalue weighted by molar-refractivity contribution is 0.197. The van der Waals surface area contributed by atoms with Crippen molar-refractivity contribution in [3.63, 3.8) is 0 Å². The summed E-state index contributed by atoms with van der Waals surface area (Å²) in [5.41, 5.74) is 1.46. The molecule has 1 aliphatic heterocycles. The first-order chi connectivity index (χ1) is 9.92. The average Bonchev–Trinajstić information content (AvgIpc) is 2.47. The molecule has 0 saturated carbocycles. The first kappa shape index (κ1) is 16.4. The van der Waals surface area contributed by atoms with E-state index in [2.05, 4.69) is 11.9 Å². The molecule has 1 saturated heterocycles. The van der Waals surface area contributed by atoms with Gasteiger partial charge in [-0.25, -0.2) is 12.7 Å². The second-order valence-corrected chi connectivity index (χ2v) is 7.81. The molecule has 0 aromatic heterocycles. The van der Waals surface area contributed by atoms with Crippen LogP contribution in [0.2, 0.25) is 0 Å². The molecule has 118 valence electrons. The number of benzene rings is 1. The SMILES string of the molecule is CN1CCC(N(C)S(=O)(=O)Cc2cccc(CO)c2)CC1. The van der Waals surface area contributed by atoms with Crippen LogP contribution in [-0.4, -0.2) is 56.0 Å². The summed E-state index contributed by atoms with van der Waals surface area (Å²) in [5.74, 6) is -0.0102. The Morgan fingerprint density at radius 1 is 1.29 bits per heavy atom. The molecular formula is C15H24N2O3S. The van der Waals surface area contributed by atoms with E-state index in [1.54, 1.807) is 31.3 Å². The summed E-state index contributed by atoms with van der Waals surface area (Å²) in [6.45, 7) is 1.80. The third-order valence-corrected chi connectivity index (χ3v) is 6.04. The smallest absolute Gasteiger partial charge is 0.218 e. The molecule has 0 atom stereocenters. The van der Waals surface area contributed by atoms with Gasteiger partial charge in [0.05, 0.1) is 12.4 Å². The molecule has 0 spiro atoms. The van der Waals surface area contributed by atoms with Crippen molar-refractivity contribution in [1.29, 1.82) is 0 Å². The summed E-state index contributed by atoms with van der Waals surface area (Å²) in [5, 5.41) is 9.13. The van der Waals surface area contributed by atoms with Crippen molar-refractivity contribution in [2.45, 2.75) is 31.2 Å². The Labute approximate surface area is 127 Å². The zero-order valence-electron chi connectivity index (χ0n) is 12.7. The van der Waals surface area contributed by atoms with E-state index in [9.17, 15) is 8.42 Å². The van der Waals surface area contributed by atoms with Gasteiger partial charge in [-0.1, -0.05) is 24.3 Å². The zero-order valence-corrected chi connectivity index (χ0v) is 13.5. The molecule has 1 aromatic carbocycles. The van der Waals surface area contributed by atoms with Gasteiger partial charge in [0.2, 0.25) is 10.0 Å². The van der Waals surface area contributed by atoms with Gasteiger partial charge in [-0.05, 0) is 44.1 Å². The third-order valence-electron chi connectivity index (χ3n) is 4.16. The number of sulfonamides is 1. The number of hydrogen-bond acceptors (Lipinski definition) is 4. The maximum atomic E-state index is 12.5. The van der Waals surface area contributed by atoms with Crippen LogP contribution < -0.4 is 0 Å². The minimum atomic E-state index is -3.32. The summed E-state index contributed by atoms with van der Waals surface area (Å²) in [7, 11) is 0.420. The Bertz CT molecular complexity index is 566. The molecule has 1 aromatic rings. The van der Waals surface area contributed by atoms with Crippen molar-refractivity contribution in [2.75, 3.05) is 27.2 Å². The number of aliphatic hydroxyl groups excluding tert-OH is 1. The van der Waals surface area contributed by atoms with Crippen LogP contribution in [0.3, 0.4) is 0 Å². The normalized spacial score (nSPS) is 18.3. The predicted octanol–water partition coefficient (Wildman–Crippen LogP) is 1.03. The molecule has 1 aliphatic rings. The van der Waals surface area contributed by atoms with Gasteiger partial charge in [-0.3, -0.25) is 0 Å². The first-order valence-electron chi connectivity index (χ1n) is 7.25. The van der Waals surface area contributed by atoms with Gasteiger partial charge < -0.3 is 10.0 Å². The van der Waals surface area contributed by atoms with E-state index in [1.165, 1.54) is 4.31 Å². The Morgan fingerprint density at radius 2 is 1.90 bits per heavy atom. The van der Waals surface area contributed by atoms with E-state index >= 15 is 0 Å². The summed E-state index contributed by atoms with van der Waals surface area (Å²) < 4.78 is 26.6. The van der Waals surface area contributed by atoms with Crippen LogP contribution in [0.4, 0.5) is 0 Å². The highest BCUT2D eigenvalue weighted by Gasteiger charge is 2.28. The second kappa shape index (κ2) is 6.87. The molecule has 1 fully saturated rings. The van der Waals surface area contributed by atoms with Gasteiger partial charge in [0.15, 0.2) is 0 Å². The fourth-order valence-electron chi connectivity index (χ4n) is 2.72. The fourth-order valence-corrected chi connectivity index (χ4v) is 4.19. The summed E-state index contributed by atoms with van der Waals surface area (Å²) in [4.78, 5) is 2.22. The maximum absolute atomic E-state index is 12.5. The van der Waals surface area contributed by atoms with Crippen molar-refractivity contribution in [3.05, 3.63) is 35.4 Å². The standard InChI is InChI=1S/C15H24N2O3S/c1-16-8-6-15(7-9-16)17(2)21(19,20)12-14-5-3-4-13(10-14)11-18/h3-5,10,15,18H,6-9,11-12H2,1-2H3. The van der Waals surface area contributed by atoms with Crippen molar-refractivity contribution in [1.82, 2.24) is 9.21 Å². The summed E-state index contributed by atoms with van der Waals surface area (Å²) in [6, 6.07) is 7.20. The molecule has 2 rings (SSSR count). The number of aliphatic hydroxyl groups is 1. The molecule has 0 aliphatic carbocycles. The molecule has 6 heteroatoms. The Balaban J connectivity index is 2.06. The largest absolute Gasteiger partial charge is 0.392 e. The minimum Gasteiger partial charge on any atom is -0.392 e. The Kier molecular flexibility index (Phi) is 5.37. The van der Waals surface area contributed by atoms with Crippen molar-refractivity contribution in [3.8, 4) is 0 Å².